The van der Waals surface area contributed by atoms with Crippen molar-refractivity contribution < 1.29 is 0 Å². The summed E-state index contributed by atoms with van der Waals surface area (Å²) in [7, 11) is 0. The Morgan fingerprint density at radius 2 is 2.31 bits per heavy atom. The van der Waals surface area contributed by atoms with Crippen LogP contribution in [0.3, 0.4) is 0 Å². The van der Waals surface area contributed by atoms with Crippen molar-refractivity contribution in [3.05, 3.63) is 18.5 Å². The second-order valence-electron chi connectivity index (χ2n) is 3.34. The molecule has 0 aliphatic rings. The highest BCUT2D eigenvalue weighted by Gasteiger charge is 2.00. The zero-order chi connectivity index (χ0) is 9.68. The normalized spacial score (nSPS) is 12.5. The molecule has 0 amide bonds. The van der Waals surface area contributed by atoms with Gasteiger partial charge in [-0.25, -0.2) is 0 Å². The molecule has 3 N–H and O–H groups in total. The van der Waals surface area contributed by atoms with E-state index in [-0.39, 0.29) is 0 Å². The van der Waals surface area contributed by atoms with Crippen molar-refractivity contribution >= 4 is 11.4 Å². The molecule has 1 unspecified atom stereocenters. The summed E-state index contributed by atoms with van der Waals surface area (Å²) in [4.78, 5) is 4.01. The predicted octanol–water partition coefficient (Wildman–Crippen LogP) is 2.26. The molecule has 0 saturated heterocycles. The fourth-order valence-corrected chi connectivity index (χ4v) is 1.33. The van der Waals surface area contributed by atoms with Gasteiger partial charge >= 0.3 is 0 Å². The van der Waals surface area contributed by atoms with Crippen molar-refractivity contribution in [3.8, 4) is 0 Å². The van der Waals surface area contributed by atoms with E-state index in [9.17, 15) is 0 Å². The number of aromatic nitrogens is 1. The summed E-state index contributed by atoms with van der Waals surface area (Å²) in [6.07, 6.45) is 5.79. The average molecular weight is 179 g/mol. The van der Waals surface area contributed by atoms with Crippen LogP contribution in [-0.4, -0.2) is 11.0 Å². The van der Waals surface area contributed by atoms with E-state index in [1.807, 2.05) is 6.07 Å². The standard InChI is InChI=1S/C10H17N3/c1-3-4-8(2)13-10-5-9(11)6-12-7-10/h5-8,13H,3-4,11H2,1-2H3. The molecule has 0 aliphatic carbocycles. The lowest BCUT2D eigenvalue weighted by molar-refractivity contribution is 0.690. The molecule has 1 aromatic heterocycles. The van der Waals surface area contributed by atoms with Crippen LogP contribution in [-0.2, 0) is 0 Å². The number of nitrogens with two attached hydrogens (primary N) is 1. The number of nitrogen functional groups attached to an aromatic ring is 1. The van der Waals surface area contributed by atoms with Gasteiger partial charge in [-0.1, -0.05) is 13.3 Å². The number of anilines is 2. The third-order valence-corrected chi connectivity index (χ3v) is 1.89. The SMILES string of the molecule is CCCC(C)Nc1cncc(N)c1. The maximum Gasteiger partial charge on any atom is 0.0549 e. The molecule has 0 spiro atoms. The van der Waals surface area contributed by atoms with Crippen molar-refractivity contribution in [2.24, 2.45) is 0 Å². The van der Waals surface area contributed by atoms with Gasteiger partial charge < -0.3 is 11.1 Å². The average Bonchev–Trinajstić information content (AvgIpc) is 2.04. The molecule has 1 rings (SSSR count). The molecule has 3 heteroatoms. The van der Waals surface area contributed by atoms with Crippen LogP contribution in [0.4, 0.5) is 11.4 Å². The largest absolute Gasteiger partial charge is 0.397 e. The first-order chi connectivity index (χ1) is 6.22. The van der Waals surface area contributed by atoms with Crippen LogP contribution in [0.15, 0.2) is 18.5 Å². The summed E-state index contributed by atoms with van der Waals surface area (Å²) in [6, 6.07) is 2.38. The molecule has 0 aromatic carbocycles. The van der Waals surface area contributed by atoms with Crippen LogP contribution in [0.25, 0.3) is 0 Å². The molecule has 13 heavy (non-hydrogen) atoms. The van der Waals surface area contributed by atoms with Gasteiger partial charge in [-0.2, -0.15) is 0 Å². The first kappa shape index (κ1) is 9.84. The highest BCUT2D eigenvalue weighted by molar-refractivity contribution is 5.51. The van der Waals surface area contributed by atoms with Gasteiger partial charge in [0.25, 0.3) is 0 Å². The Labute approximate surface area is 79.4 Å². The number of nitrogens with one attached hydrogen (secondary N) is 1. The molecule has 0 bridgehead atoms. The van der Waals surface area contributed by atoms with Crippen LogP contribution in [0, 0.1) is 0 Å². The van der Waals surface area contributed by atoms with Crippen LogP contribution in [0.5, 0.6) is 0 Å². The van der Waals surface area contributed by atoms with E-state index in [4.69, 9.17) is 5.73 Å². The third-order valence-electron chi connectivity index (χ3n) is 1.89. The van der Waals surface area contributed by atoms with Gasteiger partial charge in [-0.05, 0) is 19.4 Å². The van der Waals surface area contributed by atoms with E-state index in [1.54, 1.807) is 12.4 Å². The maximum atomic E-state index is 5.61. The molecule has 0 saturated carbocycles. The van der Waals surface area contributed by atoms with E-state index in [0.717, 1.165) is 12.1 Å². The number of rotatable bonds is 4. The van der Waals surface area contributed by atoms with Crippen molar-refractivity contribution in [3.63, 3.8) is 0 Å². The van der Waals surface area contributed by atoms with E-state index in [0.29, 0.717) is 11.7 Å². The minimum atomic E-state index is 0.480. The zero-order valence-electron chi connectivity index (χ0n) is 8.25. The van der Waals surface area contributed by atoms with Gasteiger partial charge in [0.1, 0.15) is 0 Å². The minimum absolute atomic E-state index is 0.480. The van der Waals surface area contributed by atoms with Gasteiger partial charge in [0.2, 0.25) is 0 Å². The topological polar surface area (TPSA) is 50.9 Å². The molecule has 72 valence electrons. The summed E-state index contributed by atoms with van der Waals surface area (Å²) in [5.74, 6) is 0. The van der Waals surface area contributed by atoms with Crippen LogP contribution in [0.1, 0.15) is 26.7 Å². The molecule has 0 fully saturated rings. The van der Waals surface area contributed by atoms with Crippen molar-refractivity contribution in [2.45, 2.75) is 32.7 Å². The molecule has 0 radical (unpaired) electrons. The maximum absolute atomic E-state index is 5.61. The van der Waals surface area contributed by atoms with Crippen LogP contribution < -0.4 is 11.1 Å². The summed E-state index contributed by atoms with van der Waals surface area (Å²) < 4.78 is 0. The number of pyridine rings is 1. The first-order valence-electron chi connectivity index (χ1n) is 4.69. The Balaban J connectivity index is 2.53. The first-order valence-corrected chi connectivity index (χ1v) is 4.69. The summed E-state index contributed by atoms with van der Waals surface area (Å²) >= 11 is 0. The Morgan fingerprint density at radius 1 is 1.54 bits per heavy atom. The van der Waals surface area contributed by atoms with Crippen molar-refractivity contribution in [1.82, 2.24) is 4.98 Å². The molecular formula is C10H17N3. The van der Waals surface area contributed by atoms with E-state index >= 15 is 0 Å². The highest BCUT2D eigenvalue weighted by Crippen LogP contribution is 2.12. The summed E-state index contributed by atoms with van der Waals surface area (Å²) in [6.45, 7) is 4.34. The monoisotopic (exact) mass is 179 g/mol. The number of hydrogen-bond acceptors (Lipinski definition) is 3. The van der Waals surface area contributed by atoms with Gasteiger partial charge in [-0.15, -0.1) is 0 Å². The minimum Gasteiger partial charge on any atom is -0.397 e. The van der Waals surface area contributed by atoms with Crippen LogP contribution >= 0.6 is 0 Å². The molecule has 1 atom stereocenters. The van der Waals surface area contributed by atoms with E-state index < -0.39 is 0 Å². The smallest absolute Gasteiger partial charge is 0.0549 e. The summed E-state index contributed by atoms with van der Waals surface area (Å²) in [5, 5.41) is 3.34. The lowest BCUT2D eigenvalue weighted by atomic mass is 10.2. The van der Waals surface area contributed by atoms with Gasteiger partial charge in [0.15, 0.2) is 0 Å². The van der Waals surface area contributed by atoms with Gasteiger partial charge in [0, 0.05) is 12.2 Å². The quantitative estimate of drug-likeness (QED) is 0.745. The van der Waals surface area contributed by atoms with Crippen LogP contribution in [0.2, 0.25) is 0 Å². The lowest BCUT2D eigenvalue weighted by Gasteiger charge is -2.13. The summed E-state index contributed by atoms with van der Waals surface area (Å²) in [5.41, 5.74) is 7.31. The molecular weight excluding hydrogens is 162 g/mol. The predicted molar refractivity (Wildman–Crippen MR) is 56.6 cm³/mol. The Hall–Kier alpha value is -1.25. The van der Waals surface area contributed by atoms with Gasteiger partial charge in [0.05, 0.1) is 17.6 Å². The third kappa shape index (κ3) is 3.32. The lowest BCUT2D eigenvalue weighted by Crippen LogP contribution is -2.14. The van der Waals surface area contributed by atoms with Crippen molar-refractivity contribution in [2.75, 3.05) is 11.1 Å². The molecule has 1 heterocycles. The Bertz CT molecular complexity index is 260. The Kier molecular flexibility index (Phi) is 3.55. The highest BCUT2D eigenvalue weighted by atomic mass is 14.9. The number of hydrogen-bond donors (Lipinski definition) is 2. The second kappa shape index (κ2) is 4.70. The van der Waals surface area contributed by atoms with E-state index in [2.05, 4.69) is 24.1 Å². The fraction of sp³-hybridized carbons (Fsp3) is 0.500. The zero-order valence-corrected chi connectivity index (χ0v) is 8.25. The Morgan fingerprint density at radius 3 is 2.92 bits per heavy atom. The van der Waals surface area contributed by atoms with Gasteiger partial charge in [-0.3, -0.25) is 4.98 Å². The van der Waals surface area contributed by atoms with E-state index in [1.165, 1.54) is 6.42 Å². The van der Waals surface area contributed by atoms with Crippen molar-refractivity contribution in [1.29, 1.82) is 0 Å². The molecule has 0 aliphatic heterocycles. The molecule has 3 nitrogen and oxygen atoms in total. The molecule has 1 aromatic rings. The fourth-order valence-electron chi connectivity index (χ4n) is 1.33. The number of nitrogens with zero attached hydrogens (tertiary/aromatic N) is 1. The second-order valence-corrected chi connectivity index (χ2v) is 3.34.